The fraction of sp³-hybridized carbons (Fsp3) is 0.250. The zero-order valence-corrected chi connectivity index (χ0v) is 4.66. The highest BCUT2D eigenvalue weighted by Gasteiger charge is 1.73. The van der Waals surface area contributed by atoms with Crippen LogP contribution in [0, 0.1) is 10.7 Å². The number of nitrogens with zero attached hydrogens (tertiary/aromatic N) is 1. The second-order valence-electron chi connectivity index (χ2n) is 0.830. The molecule has 0 rings (SSSR count). The largest absolute Gasteiger partial charge is 0.247 e. The quantitative estimate of drug-likeness (QED) is 0.256. The molecule has 3 heteroatoms. The van der Waals surface area contributed by atoms with Gasteiger partial charge in [-0.3, -0.25) is 0 Å². The van der Waals surface area contributed by atoms with Gasteiger partial charge in [-0.2, -0.15) is 5.26 Å². The third-order valence-corrected chi connectivity index (χ3v) is 0.748. The SMILES string of the molecule is C=CCNSC#N. The van der Waals surface area contributed by atoms with Crippen LogP contribution < -0.4 is 4.72 Å². The maximum absolute atomic E-state index is 7.91. The van der Waals surface area contributed by atoms with Crippen molar-refractivity contribution in [2.24, 2.45) is 0 Å². The fourth-order valence-corrected chi connectivity index (χ4v) is 0.399. The van der Waals surface area contributed by atoms with Gasteiger partial charge in [0.05, 0.1) is 0 Å². The predicted molar refractivity (Wildman–Crippen MR) is 31.4 cm³/mol. The number of hydrogen-bond donors (Lipinski definition) is 1. The van der Waals surface area contributed by atoms with Gasteiger partial charge >= 0.3 is 0 Å². The Morgan fingerprint density at radius 1 is 2.00 bits per heavy atom. The van der Waals surface area contributed by atoms with Crippen LogP contribution in [0.4, 0.5) is 0 Å². The van der Waals surface area contributed by atoms with Gasteiger partial charge in [-0.15, -0.1) is 6.58 Å². The first kappa shape index (κ1) is 6.54. The minimum atomic E-state index is 0.679. The molecule has 0 saturated heterocycles. The molecule has 0 amide bonds. The topological polar surface area (TPSA) is 35.8 Å². The lowest BCUT2D eigenvalue weighted by atomic mass is 10.7. The molecule has 0 aliphatic heterocycles. The Labute approximate surface area is 47.3 Å². The Morgan fingerprint density at radius 2 is 2.71 bits per heavy atom. The van der Waals surface area contributed by atoms with E-state index in [1.54, 1.807) is 6.08 Å². The minimum Gasteiger partial charge on any atom is -0.247 e. The van der Waals surface area contributed by atoms with Crippen molar-refractivity contribution in [1.29, 1.82) is 5.26 Å². The van der Waals surface area contributed by atoms with Gasteiger partial charge in [0.25, 0.3) is 0 Å². The van der Waals surface area contributed by atoms with E-state index in [9.17, 15) is 0 Å². The van der Waals surface area contributed by atoms with E-state index in [1.807, 2.05) is 5.40 Å². The summed E-state index contributed by atoms with van der Waals surface area (Å²) in [5.41, 5.74) is 0. The normalized spacial score (nSPS) is 7.29. The third-order valence-electron chi connectivity index (χ3n) is 0.345. The molecule has 0 spiro atoms. The molecule has 38 valence electrons. The first-order valence-electron chi connectivity index (χ1n) is 1.80. The predicted octanol–water partition coefficient (Wildman–Crippen LogP) is 0.891. The van der Waals surface area contributed by atoms with Crippen molar-refractivity contribution in [3.8, 4) is 5.40 Å². The van der Waals surface area contributed by atoms with Crippen LogP contribution in [-0.2, 0) is 0 Å². The molecular weight excluding hydrogens is 108 g/mol. The van der Waals surface area contributed by atoms with E-state index in [-0.39, 0.29) is 0 Å². The zero-order chi connectivity index (χ0) is 5.54. The van der Waals surface area contributed by atoms with Crippen LogP contribution in [0.5, 0.6) is 0 Å². The average Bonchev–Trinajstić information content (AvgIpc) is 1.69. The Hall–Kier alpha value is -0.460. The molecule has 0 aliphatic carbocycles. The molecule has 0 fully saturated rings. The maximum atomic E-state index is 7.91. The number of nitriles is 1. The third kappa shape index (κ3) is 5.54. The van der Waals surface area contributed by atoms with E-state index in [2.05, 4.69) is 11.3 Å². The monoisotopic (exact) mass is 114 g/mol. The van der Waals surface area contributed by atoms with Crippen LogP contribution >= 0.6 is 11.9 Å². The van der Waals surface area contributed by atoms with Crippen LogP contribution in [0.3, 0.4) is 0 Å². The molecule has 0 heterocycles. The van der Waals surface area contributed by atoms with Crippen LogP contribution in [0.2, 0.25) is 0 Å². The van der Waals surface area contributed by atoms with E-state index in [4.69, 9.17) is 5.26 Å². The van der Waals surface area contributed by atoms with E-state index in [0.29, 0.717) is 6.54 Å². The van der Waals surface area contributed by atoms with Crippen molar-refractivity contribution in [3.63, 3.8) is 0 Å². The number of thiocyanates is 1. The summed E-state index contributed by atoms with van der Waals surface area (Å²) in [6.07, 6.45) is 1.70. The molecule has 7 heavy (non-hydrogen) atoms. The summed E-state index contributed by atoms with van der Waals surface area (Å²) < 4.78 is 2.72. The van der Waals surface area contributed by atoms with E-state index in [1.165, 1.54) is 0 Å². The lowest BCUT2D eigenvalue weighted by Crippen LogP contribution is -1.98. The van der Waals surface area contributed by atoms with Crippen molar-refractivity contribution in [2.45, 2.75) is 0 Å². The van der Waals surface area contributed by atoms with E-state index < -0.39 is 0 Å². The van der Waals surface area contributed by atoms with Crippen LogP contribution in [0.25, 0.3) is 0 Å². The lowest BCUT2D eigenvalue weighted by Gasteiger charge is -1.84. The second-order valence-corrected chi connectivity index (χ2v) is 1.51. The molecule has 0 aliphatic rings. The van der Waals surface area contributed by atoms with Gasteiger partial charge in [-0.05, 0) is 0 Å². The van der Waals surface area contributed by atoms with Crippen molar-refractivity contribution in [1.82, 2.24) is 4.72 Å². The van der Waals surface area contributed by atoms with E-state index in [0.717, 1.165) is 11.9 Å². The standard InChI is InChI=1S/C4H6N2S/c1-2-3-6-7-4-5/h2,6H,1,3H2. The molecule has 0 aromatic rings. The highest BCUT2D eigenvalue weighted by Crippen LogP contribution is 1.83. The van der Waals surface area contributed by atoms with E-state index >= 15 is 0 Å². The van der Waals surface area contributed by atoms with Crippen molar-refractivity contribution < 1.29 is 0 Å². The first-order chi connectivity index (χ1) is 3.41. The van der Waals surface area contributed by atoms with Crippen LogP contribution in [-0.4, -0.2) is 6.54 Å². The van der Waals surface area contributed by atoms with Gasteiger partial charge < -0.3 is 0 Å². The molecule has 0 saturated carbocycles. The molecule has 0 atom stereocenters. The summed E-state index contributed by atoms with van der Waals surface area (Å²) in [6.45, 7) is 4.13. The number of hydrogen-bond acceptors (Lipinski definition) is 3. The van der Waals surface area contributed by atoms with Crippen LogP contribution in [0.15, 0.2) is 12.7 Å². The molecule has 2 nitrogen and oxygen atoms in total. The first-order valence-corrected chi connectivity index (χ1v) is 2.62. The van der Waals surface area contributed by atoms with Crippen LogP contribution in [0.1, 0.15) is 0 Å². The minimum absolute atomic E-state index is 0.679. The van der Waals surface area contributed by atoms with Crippen molar-refractivity contribution in [3.05, 3.63) is 12.7 Å². The maximum Gasteiger partial charge on any atom is 0.149 e. The summed E-state index contributed by atoms with van der Waals surface area (Å²) in [7, 11) is 0. The smallest absolute Gasteiger partial charge is 0.149 e. The van der Waals surface area contributed by atoms with Gasteiger partial charge in [0.2, 0.25) is 0 Å². The Kier molecular flexibility index (Phi) is 5.18. The average molecular weight is 114 g/mol. The zero-order valence-electron chi connectivity index (χ0n) is 3.85. The molecule has 0 bridgehead atoms. The highest BCUT2D eigenvalue weighted by molar-refractivity contribution is 8.01. The summed E-state index contributed by atoms with van der Waals surface area (Å²) >= 11 is 1.02. The number of rotatable bonds is 3. The molecule has 1 N–H and O–H groups in total. The Balaban J connectivity index is 2.72. The molecule has 0 unspecified atom stereocenters. The van der Waals surface area contributed by atoms with Crippen molar-refractivity contribution >= 4 is 11.9 Å². The van der Waals surface area contributed by atoms with Gasteiger partial charge in [-0.25, -0.2) is 4.72 Å². The molecule has 0 aromatic carbocycles. The molecular formula is C4H6N2S. The summed E-state index contributed by atoms with van der Waals surface area (Å²) in [4.78, 5) is 0. The summed E-state index contributed by atoms with van der Waals surface area (Å²) in [6, 6.07) is 0. The summed E-state index contributed by atoms with van der Waals surface area (Å²) in [5, 5.41) is 9.77. The Morgan fingerprint density at radius 3 is 3.14 bits per heavy atom. The molecule has 0 aromatic heterocycles. The van der Waals surface area contributed by atoms with Crippen molar-refractivity contribution in [2.75, 3.05) is 6.54 Å². The number of nitrogens with one attached hydrogen (secondary N) is 1. The summed E-state index contributed by atoms with van der Waals surface area (Å²) in [5.74, 6) is 0. The Bertz CT molecular complexity index is 84.2. The second kappa shape index (κ2) is 5.54. The lowest BCUT2D eigenvalue weighted by molar-refractivity contribution is 1.14. The van der Waals surface area contributed by atoms with Gasteiger partial charge in [-0.1, -0.05) is 6.08 Å². The van der Waals surface area contributed by atoms with Gasteiger partial charge in [0.15, 0.2) is 0 Å². The highest BCUT2D eigenvalue weighted by atomic mass is 32.2. The molecule has 0 radical (unpaired) electrons. The van der Waals surface area contributed by atoms with Gasteiger partial charge in [0, 0.05) is 18.5 Å². The van der Waals surface area contributed by atoms with Gasteiger partial charge in [0.1, 0.15) is 5.40 Å². The fourth-order valence-electron chi connectivity index (χ4n) is 0.133.